The van der Waals surface area contributed by atoms with E-state index < -0.39 is 22.5 Å². The second-order valence-corrected chi connectivity index (χ2v) is 9.98. The summed E-state index contributed by atoms with van der Waals surface area (Å²) < 4.78 is 27.5. The summed E-state index contributed by atoms with van der Waals surface area (Å²) >= 11 is 6.09. The van der Waals surface area contributed by atoms with Crippen LogP contribution in [0.4, 0.5) is 5.69 Å². The number of nitrogens with one attached hydrogen (secondary N) is 1. The maximum atomic E-state index is 13.2. The van der Waals surface area contributed by atoms with Crippen LogP contribution in [-0.2, 0) is 14.8 Å². The highest BCUT2D eigenvalue weighted by atomic mass is 35.5. The fourth-order valence-corrected chi connectivity index (χ4v) is 5.29. The summed E-state index contributed by atoms with van der Waals surface area (Å²) in [6.07, 6.45) is 0. The molecule has 0 saturated carbocycles. The van der Waals surface area contributed by atoms with Crippen molar-refractivity contribution in [3.05, 3.63) is 94.0 Å². The summed E-state index contributed by atoms with van der Waals surface area (Å²) in [6.45, 7) is 4.92. The van der Waals surface area contributed by atoms with Gasteiger partial charge in [-0.2, -0.15) is 4.31 Å². The summed E-state index contributed by atoms with van der Waals surface area (Å²) in [5, 5.41) is 3.03. The number of aryl methyl sites for hydroxylation is 2. The Bertz CT molecular complexity index is 1290. The van der Waals surface area contributed by atoms with E-state index in [9.17, 15) is 18.0 Å². The first-order chi connectivity index (χ1) is 15.6. The van der Waals surface area contributed by atoms with Crippen LogP contribution in [0.3, 0.4) is 0 Å². The van der Waals surface area contributed by atoms with Gasteiger partial charge in [0.1, 0.15) is 0 Å². The summed E-state index contributed by atoms with van der Waals surface area (Å²) in [6, 6.07) is 18.4. The SMILES string of the molecule is CCN(CC(=O)Nc1ccc(Cl)cc1C(=O)c1ccccc1)S(=O)(=O)c1cc(C)ccc1C. The van der Waals surface area contributed by atoms with Gasteiger partial charge < -0.3 is 5.32 Å². The predicted octanol–water partition coefficient (Wildman–Crippen LogP) is 4.84. The molecule has 0 bridgehead atoms. The van der Waals surface area contributed by atoms with Gasteiger partial charge >= 0.3 is 0 Å². The molecule has 172 valence electrons. The molecule has 8 heteroatoms. The number of likely N-dealkylation sites (N-methyl/N-ethyl adjacent to an activating group) is 1. The Hall–Kier alpha value is -3.00. The van der Waals surface area contributed by atoms with E-state index in [1.54, 1.807) is 62.4 Å². The van der Waals surface area contributed by atoms with Crippen LogP contribution in [-0.4, -0.2) is 37.5 Å². The Labute approximate surface area is 199 Å². The monoisotopic (exact) mass is 484 g/mol. The Morgan fingerprint density at radius 1 is 0.970 bits per heavy atom. The van der Waals surface area contributed by atoms with Crippen molar-refractivity contribution in [3.63, 3.8) is 0 Å². The van der Waals surface area contributed by atoms with Gasteiger partial charge in [0.15, 0.2) is 5.78 Å². The van der Waals surface area contributed by atoms with Crippen LogP contribution < -0.4 is 5.32 Å². The van der Waals surface area contributed by atoms with Crippen LogP contribution in [0.15, 0.2) is 71.6 Å². The molecular weight excluding hydrogens is 460 g/mol. The van der Waals surface area contributed by atoms with Gasteiger partial charge in [-0.3, -0.25) is 9.59 Å². The van der Waals surface area contributed by atoms with Crippen LogP contribution >= 0.6 is 11.6 Å². The normalized spacial score (nSPS) is 11.4. The standard InChI is InChI=1S/C25H25ClN2O4S/c1-4-28(33(31,32)23-14-17(2)10-11-18(23)3)16-24(29)27-22-13-12-20(26)15-21(22)25(30)19-8-6-5-7-9-19/h5-15H,4,16H2,1-3H3,(H,27,29). The zero-order chi connectivity index (χ0) is 24.2. The van der Waals surface area contributed by atoms with Crippen molar-refractivity contribution in [2.45, 2.75) is 25.7 Å². The summed E-state index contributed by atoms with van der Waals surface area (Å²) in [4.78, 5) is 26.0. The van der Waals surface area contributed by atoms with E-state index in [0.717, 1.165) is 9.87 Å². The van der Waals surface area contributed by atoms with Crippen molar-refractivity contribution in [1.29, 1.82) is 0 Å². The van der Waals surface area contributed by atoms with Gasteiger partial charge in [0.2, 0.25) is 15.9 Å². The number of carbonyl (C=O) groups excluding carboxylic acids is 2. The van der Waals surface area contributed by atoms with Gasteiger partial charge in [0, 0.05) is 22.7 Å². The number of hydrogen-bond donors (Lipinski definition) is 1. The lowest BCUT2D eigenvalue weighted by molar-refractivity contribution is -0.116. The minimum Gasteiger partial charge on any atom is -0.324 e. The largest absolute Gasteiger partial charge is 0.324 e. The fourth-order valence-electron chi connectivity index (χ4n) is 3.40. The molecule has 3 aromatic carbocycles. The van der Waals surface area contributed by atoms with E-state index in [4.69, 9.17) is 11.6 Å². The molecule has 0 saturated heterocycles. The van der Waals surface area contributed by atoms with Crippen molar-refractivity contribution in [2.75, 3.05) is 18.4 Å². The lowest BCUT2D eigenvalue weighted by Crippen LogP contribution is -2.38. The first-order valence-corrected chi connectivity index (χ1v) is 12.2. The summed E-state index contributed by atoms with van der Waals surface area (Å²) in [7, 11) is -3.88. The van der Waals surface area contributed by atoms with Crippen molar-refractivity contribution in [3.8, 4) is 0 Å². The number of halogens is 1. The van der Waals surface area contributed by atoms with Gasteiger partial charge in [0.25, 0.3) is 0 Å². The van der Waals surface area contributed by atoms with E-state index in [-0.39, 0.29) is 28.5 Å². The number of amides is 1. The molecule has 0 aromatic heterocycles. The lowest BCUT2D eigenvalue weighted by atomic mass is 10.0. The number of sulfonamides is 1. The molecule has 1 amide bonds. The fraction of sp³-hybridized carbons (Fsp3) is 0.200. The Morgan fingerprint density at radius 3 is 2.33 bits per heavy atom. The molecule has 1 N–H and O–H groups in total. The van der Waals surface area contributed by atoms with Crippen LogP contribution in [0.5, 0.6) is 0 Å². The van der Waals surface area contributed by atoms with E-state index in [1.165, 1.54) is 12.1 Å². The molecule has 0 spiro atoms. The molecule has 0 fully saturated rings. The first kappa shape index (κ1) is 24.6. The topological polar surface area (TPSA) is 83.6 Å². The number of ketones is 1. The van der Waals surface area contributed by atoms with Gasteiger partial charge in [0.05, 0.1) is 17.1 Å². The van der Waals surface area contributed by atoms with Crippen LogP contribution in [0.2, 0.25) is 5.02 Å². The molecule has 3 rings (SSSR count). The van der Waals surface area contributed by atoms with E-state index in [2.05, 4.69) is 5.32 Å². The smallest absolute Gasteiger partial charge is 0.243 e. The van der Waals surface area contributed by atoms with Crippen LogP contribution in [0, 0.1) is 13.8 Å². The van der Waals surface area contributed by atoms with Gasteiger partial charge in [-0.05, 0) is 49.2 Å². The highest BCUT2D eigenvalue weighted by Gasteiger charge is 2.27. The van der Waals surface area contributed by atoms with Crippen molar-refractivity contribution in [1.82, 2.24) is 4.31 Å². The van der Waals surface area contributed by atoms with E-state index >= 15 is 0 Å². The molecule has 0 unspecified atom stereocenters. The van der Waals surface area contributed by atoms with Gasteiger partial charge in [-0.25, -0.2) is 8.42 Å². The minimum absolute atomic E-state index is 0.111. The molecule has 3 aromatic rings. The van der Waals surface area contributed by atoms with Crippen molar-refractivity contribution in [2.24, 2.45) is 0 Å². The van der Waals surface area contributed by atoms with Crippen molar-refractivity contribution >= 4 is 39.0 Å². The Morgan fingerprint density at radius 2 is 1.67 bits per heavy atom. The zero-order valence-corrected chi connectivity index (χ0v) is 20.2. The average Bonchev–Trinajstić information content (AvgIpc) is 2.80. The van der Waals surface area contributed by atoms with Gasteiger partial charge in [-0.1, -0.05) is 61.0 Å². The number of nitrogens with zero attached hydrogens (tertiary/aromatic N) is 1. The number of benzene rings is 3. The molecule has 0 aliphatic carbocycles. The molecule has 33 heavy (non-hydrogen) atoms. The Balaban J connectivity index is 1.86. The zero-order valence-electron chi connectivity index (χ0n) is 18.6. The molecule has 0 aliphatic heterocycles. The maximum absolute atomic E-state index is 13.2. The molecule has 6 nitrogen and oxygen atoms in total. The lowest BCUT2D eigenvalue weighted by Gasteiger charge is -2.22. The number of carbonyl (C=O) groups is 2. The van der Waals surface area contributed by atoms with Crippen LogP contribution in [0.25, 0.3) is 0 Å². The number of hydrogen-bond acceptors (Lipinski definition) is 4. The first-order valence-electron chi connectivity index (χ1n) is 10.4. The third-order valence-electron chi connectivity index (χ3n) is 5.17. The number of rotatable bonds is 8. The van der Waals surface area contributed by atoms with Crippen molar-refractivity contribution < 1.29 is 18.0 Å². The highest BCUT2D eigenvalue weighted by molar-refractivity contribution is 7.89. The van der Waals surface area contributed by atoms with Crippen LogP contribution in [0.1, 0.15) is 34.0 Å². The third kappa shape index (κ3) is 5.68. The molecule has 0 atom stereocenters. The Kier molecular flexibility index (Phi) is 7.68. The average molecular weight is 485 g/mol. The van der Waals surface area contributed by atoms with E-state index in [0.29, 0.717) is 16.1 Å². The minimum atomic E-state index is -3.88. The highest BCUT2D eigenvalue weighted by Crippen LogP contribution is 2.25. The third-order valence-corrected chi connectivity index (χ3v) is 7.47. The second-order valence-electron chi connectivity index (χ2n) is 7.63. The summed E-state index contributed by atoms with van der Waals surface area (Å²) in [5.41, 5.74) is 2.35. The second kappa shape index (κ2) is 10.3. The molecule has 0 heterocycles. The number of anilines is 1. The van der Waals surface area contributed by atoms with E-state index in [1.807, 2.05) is 13.0 Å². The molecule has 0 radical (unpaired) electrons. The predicted molar refractivity (Wildman–Crippen MR) is 130 cm³/mol. The summed E-state index contributed by atoms with van der Waals surface area (Å²) in [5.74, 6) is -0.862. The maximum Gasteiger partial charge on any atom is 0.243 e. The quantitative estimate of drug-likeness (QED) is 0.464. The molecule has 0 aliphatic rings. The van der Waals surface area contributed by atoms with Gasteiger partial charge in [-0.15, -0.1) is 0 Å². The molecular formula is C25H25ClN2O4S.